The minimum atomic E-state index is 0. The number of methoxy groups -OCH3 is 3. The summed E-state index contributed by atoms with van der Waals surface area (Å²) in [5.41, 5.74) is 2.00. The Morgan fingerprint density at radius 2 is 1.68 bits per heavy atom. The van der Waals surface area contributed by atoms with Gasteiger partial charge >= 0.3 is 51.4 Å². The van der Waals surface area contributed by atoms with Crippen molar-refractivity contribution >= 4 is 29.2 Å². The Hall–Kier alpha value is -0.484. The molecule has 25 heavy (non-hydrogen) atoms. The minimum absolute atomic E-state index is 0. The van der Waals surface area contributed by atoms with E-state index in [1.54, 1.807) is 33.7 Å². The van der Waals surface area contributed by atoms with Gasteiger partial charge < -0.3 is 44.0 Å². The van der Waals surface area contributed by atoms with Crippen molar-refractivity contribution in [3.63, 3.8) is 0 Å². The zero-order valence-corrected chi connectivity index (χ0v) is 19.6. The van der Waals surface area contributed by atoms with Crippen molar-refractivity contribution in [3.8, 4) is 17.2 Å². The monoisotopic (exact) mass is 402 g/mol. The Kier molecular flexibility index (Phi) is 10.2. The second-order valence-corrected chi connectivity index (χ2v) is 6.05. The van der Waals surface area contributed by atoms with Crippen molar-refractivity contribution in [3.05, 3.63) is 47.8 Å². The van der Waals surface area contributed by atoms with Gasteiger partial charge in [-0.3, -0.25) is 4.98 Å². The molecule has 1 aromatic carbocycles. The van der Waals surface area contributed by atoms with Crippen LogP contribution in [0.3, 0.4) is 0 Å². The summed E-state index contributed by atoms with van der Waals surface area (Å²) in [6.07, 6.45) is 3.54. The molecule has 0 saturated heterocycles. The van der Waals surface area contributed by atoms with Crippen LogP contribution in [0.4, 0.5) is 0 Å². The summed E-state index contributed by atoms with van der Waals surface area (Å²) in [6.45, 7) is 1.13. The number of thiocarbonyl (C=S) groups is 1. The Morgan fingerprint density at radius 3 is 2.12 bits per heavy atom. The quantitative estimate of drug-likeness (QED) is 0.365. The van der Waals surface area contributed by atoms with E-state index in [1.165, 1.54) is 0 Å². The maximum atomic E-state index is 5.39. The normalized spacial score (nSPS) is 9.72. The van der Waals surface area contributed by atoms with E-state index >= 15 is 0 Å². The van der Waals surface area contributed by atoms with Gasteiger partial charge in [-0.1, -0.05) is 10.4 Å². The SMILES string of the molecule is COc1cc(CN(Cc2cccnc2)C(=S)[S-])cc(OC)c1OC.[K+]. The second-order valence-electron chi connectivity index (χ2n) is 5.02. The zero-order valence-electron chi connectivity index (χ0n) is 14.8. The first-order valence-corrected chi connectivity index (χ1v) is 8.04. The van der Waals surface area contributed by atoms with E-state index < -0.39 is 0 Å². The first kappa shape index (κ1) is 22.6. The Balaban J connectivity index is 0.00000312. The van der Waals surface area contributed by atoms with Gasteiger partial charge in [-0.05, 0) is 29.3 Å². The van der Waals surface area contributed by atoms with E-state index in [0.717, 1.165) is 11.1 Å². The Labute approximate surface area is 201 Å². The third kappa shape index (κ3) is 6.32. The van der Waals surface area contributed by atoms with Gasteiger partial charge in [0.15, 0.2) is 11.5 Å². The van der Waals surface area contributed by atoms with E-state index in [-0.39, 0.29) is 51.4 Å². The molecule has 0 radical (unpaired) electrons. The predicted octanol–water partition coefficient (Wildman–Crippen LogP) is -0.0546. The van der Waals surface area contributed by atoms with Crippen LogP contribution in [0.2, 0.25) is 0 Å². The molecular formula is C17H19KN2O3S2. The number of benzene rings is 1. The van der Waals surface area contributed by atoms with Crippen LogP contribution in [0, 0.1) is 0 Å². The van der Waals surface area contributed by atoms with Crippen LogP contribution >= 0.6 is 12.2 Å². The number of ether oxygens (including phenoxy) is 3. The van der Waals surface area contributed by atoms with Crippen molar-refractivity contribution in [2.45, 2.75) is 13.1 Å². The summed E-state index contributed by atoms with van der Waals surface area (Å²) < 4.78 is 16.5. The largest absolute Gasteiger partial charge is 1.00 e. The molecule has 0 bridgehead atoms. The first-order chi connectivity index (χ1) is 11.6. The average molecular weight is 403 g/mol. The molecule has 128 valence electrons. The van der Waals surface area contributed by atoms with Crippen LogP contribution in [0.25, 0.3) is 0 Å². The molecule has 5 nitrogen and oxygen atoms in total. The number of nitrogens with zero attached hydrogens (tertiary/aromatic N) is 2. The number of rotatable bonds is 7. The smallest absolute Gasteiger partial charge is 0.493 e. The molecule has 8 heteroatoms. The van der Waals surface area contributed by atoms with E-state index in [2.05, 4.69) is 4.98 Å². The topological polar surface area (TPSA) is 43.8 Å². The Morgan fingerprint density at radius 1 is 1.08 bits per heavy atom. The standard InChI is InChI=1S/C17H20N2O3S2.K/c1-20-14-7-13(8-15(21-2)16(14)22-3)11-19(17(23)24)10-12-5-4-6-18-9-12;/h4-9H,10-11H2,1-3H3,(H,23,24);/q;+1/p-1. The van der Waals surface area contributed by atoms with Gasteiger partial charge in [0.2, 0.25) is 5.75 Å². The molecule has 0 aliphatic heterocycles. The number of hydrogen-bond acceptors (Lipinski definition) is 6. The van der Waals surface area contributed by atoms with E-state index in [9.17, 15) is 0 Å². The third-order valence-electron chi connectivity index (χ3n) is 3.45. The maximum absolute atomic E-state index is 5.39. The Bertz CT molecular complexity index is 677. The van der Waals surface area contributed by atoms with E-state index in [0.29, 0.717) is 34.7 Å². The van der Waals surface area contributed by atoms with Crippen LogP contribution in [-0.2, 0) is 25.7 Å². The van der Waals surface area contributed by atoms with Crippen molar-refractivity contribution in [2.24, 2.45) is 0 Å². The van der Waals surface area contributed by atoms with Crippen molar-refractivity contribution < 1.29 is 65.6 Å². The van der Waals surface area contributed by atoms with Gasteiger partial charge in [-0.15, -0.1) is 0 Å². The maximum Gasteiger partial charge on any atom is 1.00 e. The molecule has 2 rings (SSSR count). The summed E-state index contributed by atoms with van der Waals surface area (Å²) >= 11 is 10.4. The first-order valence-electron chi connectivity index (χ1n) is 7.22. The van der Waals surface area contributed by atoms with Crippen molar-refractivity contribution in [2.75, 3.05) is 21.3 Å². The molecule has 1 heterocycles. The minimum Gasteiger partial charge on any atom is -0.493 e. The van der Waals surface area contributed by atoms with Crippen molar-refractivity contribution in [1.29, 1.82) is 0 Å². The predicted molar refractivity (Wildman–Crippen MR) is 99.5 cm³/mol. The molecule has 0 N–H and O–H groups in total. The molecule has 0 unspecified atom stereocenters. The van der Waals surface area contributed by atoms with Gasteiger partial charge in [0.05, 0.1) is 21.3 Å². The van der Waals surface area contributed by atoms with Gasteiger partial charge in [-0.25, -0.2) is 0 Å². The molecule has 2 aromatic rings. The van der Waals surface area contributed by atoms with Gasteiger partial charge in [0.1, 0.15) is 0 Å². The summed E-state index contributed by atoms with van der Waals surface area (Å²) in [4.78, 5) is 6.04. The summed E-state index contributed by atoms with van der Waals surface area (Å²) in [5.74, 6) is 1.76. The van der Waals surface area contributed by atoms with Crippen LogP contribution in [0.5, 0.6) is 17.2 Å². The van der Waals surface area contributed by atoms with Crippen LogP contribution < -0.4 is 65.6 Å². The van der Waals surface area contributed by atoms with Gasteiger partial charge in [0, 0.05) is 25.5 Å². The summed E-state index contributed by atoms with van der Waals surface area (Å²) in [6, 6.07) is 7.67. The number of pyridine rings is 1. The summed E-state index contributed by atoms with van der Waals surface area (Å²) in [5, 5.41) is 0. The molecule has 0 spiro atoms. The molecule has 1 aromatic heterocycles. The molecule has 0 amide bonds. The molecule has 0 aliphatic carbocycles. The summed E-state index contributed by atoms with van der Waals surface area (Å²) in [7, 11) is 4.76. The fourth-order valence-corrected chi connectivity index (χ4v) is 2.60. The molecular weight excluding hydrogens is 383 g/mol. The molecule has 0 atom stereocenters. The molecule has 0 fully saturated rings. The molecule has 0 saturated carbocycles. The fraction of sp³-hybridized carbons (Fsp3) is 0.294. The fourth-order valence-electron chi connectivity index (χ4n) is 2.34. The van der Waals surface area contributed by atoms with Crippen LogP contribution in [0.15, 0.2) is 36.7 Å². The van der Waals surface area contributed by atoms with Crippen LogP contribution in [0.1, 0.15) is 11.1 Å². The second kappa shape index (κ2) is 11.3. The number of hydrogen-bond donors (Lipinski definition) is 0. The van der Waals surface area contributed by atoms with Gasteiger partial charge in [0.25, 0.3) is 0 Å². The molecule has 0 aliphatic rings. The third-order valence-corrected chi connectivity index (χ3v) is 3.97. The van der Waals surface area contributed by atoms with E-state index in [1.807, 2.05) is 29.2 Å². The van der Waals surface area contributed by atoms with E-state index in [4.69, 9.17) is 39.1 Å². The van der Waals surface area contributed by atoms with Gasteiger partial charge in [-0.2, -0.15) is 0 Å². The average Bonchev–Trinajstić information content (AvgIpc) is 2.60. The van der Waals surface area contributed by atoms with Crippen LogP contribution in [-0.4, -0.2) is 35.5 Å². The number of aromatic nitrogens is 1. The zero-order chi connectivity index (χ0) is 17.5. The van der Waals surface area contributed by atoms with Crippen molar-refractivity contribution in [1.82, 2.24) is 9.88 Å².